The van der Waals surface area contributed by atoms with Crippen LogP contribution in [0.2, 0.25) is 5.02 Å². The second-order valence-corrected chi connectivity index (χ2v) is 7.56. The minimum atomic E-state index is -0.443. The van der Waals surface area contributed by atoms with Gasteiger partial charge >= 0.3 is 0 Å². The predicted octanol–water partition coefficient (Wildman–Crippen LogP) is 4.89. The fourth-order valence-corrected chi connectivity index (χ4v) is 3.93. The van der Waals surface area contributed by atoms with Gasteiger partial charge in [-0.2, -0.15) is 0 Å². The van der Waals surface area contributed by atoms with E-state index in [-0.39, 0.29) is 23.9 Å². The molecule has 0 saturated carbocycles. The Bertz CT molecular complexity index is 979. The molecule has 0 aromatic heterocycles. The van der Waals surface area contributed by atoms with E-state index in [0.29, 0.717) is 46.6 Å². The first-order valence-corrected chi connectivity index (χ1v) is 9.89. The average Bonchev–Trinajstić information content (AvgIpc) is 2.74. The molecule has 6 heteroatoms. The number of fused-ring (bicyclic) bond motifs is 1. The second kappa shape index (κ2) is 9.16. The van der Waals surface area contributed by atoms with Crippen molar-refractivity contribution in [2.24, 2.45) is 0 Å². The molecule has 2 N–H and O–H groups in total. The number of carbonyl (C=O) groups excluding carboxylic acids is 3. The summed E-state index contributed by atoms with van der Waals surface area (Å²) in [6.45, 7) is 1.70. The Balaban J connectivity index is 1.95. The van der Waals surface area contributed by atoms with E-state index in [1.807, 2.05) is 12.1 Å². The van der Waals surface area contributed by atoms with Crippen LogP contribution in [-0.2, 0) is 4.79 Å². The van der Waals surface area contributed by atoms with Gasteiger partial charge in [0.15, 0.2) is 11.6 Å². The van der Waals surface area contributed by atoms with Crippen LogP contribution in [0.25, 0.3) is 0 Å². The van der Waals surface area contributed by atoms with Crippen LogP contribution in [0.3, 0.4) is 0 Å². The van der Waals surface area contributed by atoms with Crippen molar-refractivity contribution in [2.45, 2.75) is 38.5 Å². The molecule has 150 valence electrons. The molecule has 1 amide bonds. The van der Waals surface area contributed by atoms with E-state index in [4.69, 9.17) is 16.8 Å². The van der Waals surface area contributed by atoms with Gasteiger partial charge < -0.3 is 0 Å². The quantitative estimate of drug-likeness (QED) is 0.386. The summed E-state index contributed by atoms with van der Waals surface area (Å²) in [7, 11) is 0. The summed E-state index contributed by atoms with van der Waals surface area (Å²) >= 11 is 6.03. The van der Waals surface area contributed by atoms with Crippen LogP contribution in [-0.4, -0.2) is 22.7 Å². The van der Waals surface area contributed by atoms with Crippen LogP contribution in [0.4, 0.5) is 0 Å². The van der Waals surface area contributed by atoms with E-state index in [1.165, 1.54) is 0 Å². The monoisotopic (exact) mass is 411 g/mol. The summed E-state index contributed by atoms with van der Waals surface area (Å²) in [4.78, 5) is 37.5. The second-order valence-electron chi connectivity index (χ2n) is 7.13. The molecule has 2 aromatic rings. The fraction of sp³-hybridized carbons (Fsp3) is 0.261. The predicted molar refractivity (Wildman–Crippen MR) is 110 cm³/mol. The zero-order chi connectivity index (χ0) is 21.0. The number of unbranched alkanes of at least 4 members (excludes halogenated alkanes) is 1. The number of allylic oxidation sites excluding steroid dienone is 2. The molecule has 3 rings (SSSR count). The number of carbonyl (C=O) groups is 3. The van der Waals surface area contributed by atoms with Crippen molar-refractivity contribution in [1.82, 2.24) is 5.48 Å². The van der Waals surface area contributed by atoms with E-state index in [0.717, 1.165) is 5.56 Å². The Kier molecular flexibility index (Phi) is 6.62. The molecule has 0 spiro atoms. The molecule has 0 saturated heterocycles. The van der Waals surface area contributed by atoms with Crippen molar-refractivity contribution in [1.29, 1.82) is 0 Å². The van der Waals surface area contributed by atoms with Gasteiger partial charge in [-0.05, 0) is 37.5 Å². The number of hydroxylamine groups is 1. The van der Waals surface area contributed by atoms with Crippen LogP contribution in [0.15, 0.2) is 59.7 Å². The molecule has 1 aliphatic carbocycles. The lowest BCUT2D eigenvalue weighted by Crippen LogP contribution is -2.25. The smallest absolute Gasteiger partial charge is 0.243 e. The van der Waals surface area contributed by atoms with E-state index >= 15 is 0 Å². The Morgan fingerprint density at radius 3 is 2.24 bits per heavy atom. The van der Waals surface area contributed by atoms with Crippen LogP contribution in [0.5, 0.6) is 0 Å². The van der Waals surface area contributed by atoms with E-state index in [2.05, 4.69) is 0 Å². The van der Waals surface area contributed by atoms with Gasteiger partial charge in [0.2, 0.25) is 5.91 Å². The van der Waals surface area contributed by atoms with Crippen LogP contribution in [0.1, 0.15) is 64.8 Å². The molecule has 0 bridgehead atoms. The molecular weight excluding hydrogens is 390 g/mol. The minimum absolute atomic E-state index is 0.131. The van der Waals surface area contributed by atoms with Crippen molar-refractivity contribution in [2.75, 3.05) is 0 Å². The molecule has 5 nitrogen and oxygen atoms in total. The van der Waals surface area contributed by atoms with Gasteiger partial charge in [0.1, 0.15) is 0 Å². The van der Waals surface area contributed by atoms with Crippen molar-refractivity contribution < 1.29 is 19.6 Å². The number of hydrogen-bond acceptors (Lipinski definition) is 4. The van der Waals surface area contributed by atoms with E-state index in [1.54, 1.807) is 48.8 Å². The third-order valence-corrected chi connectivity index (χ3v) is 5.55. The number of benzene rings is 2. The van der Waals surface area contributed by atoms with Crippen molar-refractivity contribution >= 4 is 29.1 Å². The Morgan fingerprint density at radius 1 is 1.00 bits per heavy atom. The fourth-order valence-electron chi connectivity index (χ4n) is 3.80. The first-order valence-electron chi connectivity index (χ1n) is 9.51. The van der Waals surface area contributed by atoms with E-state index < -0.39 is 5.91 Å². The standard InChI is InChI=1S/C23H22ClNO4/c1-14-21(23(28)19-8-3-2-7-18(19)22(14)27)17(6-4-5-9-20(26)25-29)15-10-12-16(24)13-11-15/h2-3,7-8,10-13,17,29H,4-6,9H2,1H3,(H,25,26). The molecule has 1 atom stereocenters. The van der Waals surface area contributed by atoms with Crippen LogP contribution in [0, 0.1) is 0 Å². The SMILES string of the molecule is CC1=C(C(CCCCC(=O)NO)c2ccc(Cl)cc2)C(=O)c2ccccc2C1=O. The summed E-state index contributed by atoms with van der Waals surface area (Å²) < 4.78 is 0. The maximum Gasteiger partial charge on any atom is 0.243 e. The largest absolute Gasteiger partial charge is 0.289 e. The molecular formula is C23H22ClNO4. The Morgan fingerprint density at radius 2 is 1.62 bits per heavy atom. The number of rotatable bonds is 7. The molecule has 0 fully saturated rings. The molecule has 0 aliphatic heterocycles. The summed E-state index contributed by atoms with van der Waals surface area (Å²) in [6.07, 6.45) is 1.99. The van der Waals surface area contributed by atoms with Gasteiger partial charge in [-0.25, -0.2) is 5.48 Å². The topological polar surface area (TPSA) is 83.5 Å². The maximum absolute atomic E-state index is 13.3. The molecule has 2 aromatic carbocycles. The van der Waals surface area contributed by atoms with Gasteiger partial charge in [0.05, 0.1) is 0 Å². The van der Waals surface area contributed by atoms with Gasteiger partial charge in [-0.1, -0.05) is 54.4 Å². The third kappa shape index (κ3) is 4.47. The molecule has 29 heavy (non-hydrogen) atoms. The Hall–Kier alpha value is -2.76. The first-order chi connectivity index (χ1) is 13.9. The minimum Gasteiger partial charge on any atom is -0.289 e. The number of amides is 1. The lowest BCUT2D eigenvalue weighted by molar-refractivity contribution is -0.129. The number of hydrogen-bond donors (Lipinski definition) is 2. The van der Waals surface area contributed by atoms with Gasteiger partial charge in [-0.3, -0.25) is 19.6 Å². The van der Waals surface area contributed by atoms with Gasteiger partial charge in [0, 0.05) is 39.6 Å². The van der Waals surface area contributed by atoms with Gasteiger partial charge in [-0.15, -0.1) is 0 Å². The molecule has 1 aliphatic rings. The molecule has 0 heterocycles. The lowest BCUT2D eigenvalue weighted by atomic mass is 9.75. The maximum atomic E-state index is 13.3. The lowest BCUT2D eigenvalue weighted by Gasteiger charge is -2.26. The average molecular weight is 412 g/mol. The highest BCUT2D eigenvalue weighted by Gasteiger charge is 2.34. The first kappa shape index (κ1) is 21.0. The zero-order valence-corrected chi connectivity index (χ0v) is 16.8. The van der Waals surface area contributed by atoms with Crippen LogP contribution >= 0.6 is 11.6 Å². The van der Waals surface area contributed by atoms with Crippen molar-refractivity contribution in [3.63, 3.8) is 0 Å². The highest BCUT2D eigenvalue weighted by molar-refractivity contribution is 6.30. The summed E-state index contributed by atoms with van der Waals surface area (Å²) in [5.41, 5.74) is 4.35. The highest BCUT2D eigenvalue weighted by atomic mass is 35.5. The zero-order valence-electron chi connectivity index (χ0n) is 16.1. The number of Topliss-reactive ketones (excluding diaryl/α,β-unsaturated/α-hetero) is 2. The number of ketones is 2. The number of halogens is 1. The molecule has 1 unspecified atom stereocenters. The normalized spacial score (nSPS) is 14.6. The van der Waals surface area contributed by atoms with Gasteiger partial charge in [0.25, 0.3) is 0 Å². The van der Waals surface area contributed by atoms with Crippen LogP contribution < -0.4 is 5.48 Å². The highest BCUT2D eigenvalue weighted by Crippen LogP contribution is 2.38. The van der Waals surface area contributed by atoms with E-state index in [9.17, 15) is 14.4 Å². The van der Waals surface area contributed by atoms with Crippen molar-refractivity contribution in [3.05, 3.63) is 81.4 Å². The van der Waals surface area contributed by atoms with Crippen molar-refractivity contribution in [3.8, 4) is 0 Å². The summed E-state index contributed by atoms with van der Waals surface area (Å²) in [5.74, 6) is -0.991. The summed E-state index contributed by atoms with van der Waals surface area (Å²) in [6, 6.07) is 14.1. The summed E-state index contributed by atoms with van der Waals surface area (Å²) in [5, 5.41) is 9.23. The molecule has 0 radical (unpaired) electrons. The Labute approximate surface area is 174 Å². The number of nitrogens with one attached hydrogen (secondary N) is 1. The third-order valence-electron chi connectivity index (χ3n) is 5.30.